The monoisotopic (exact) mass is 257 g/mol. The van der Waals surface area contributed by atoms with E-state index in [-0.39, 0.29) is 0 Å². The van der Waals surface area contributed by atoms with Crippen molar-refractivity contribution in [1.29, 1.82) is 0 Å². The van der Waals surface area contributed by atoms with Gasteiger partial charge in [-0.05, 0) is 31.4 Å². The average molecular weight is 257 g/mol. The van der Waals surface area contributed by atoms with Crippen LogP contribution in [0, 0.1) is 5.92 Å². The Hall–Kier alpha value is -1.61. The van der Waals surface area contributed by atoms with Gasteiger partial charge in [0.25, 0.3) is 0 Å². The standard InChI is InChI=1S/C16H23N3/c1-13(2)9-14(3)17-10-15-11-18-19(12-15)16-7-5-4-6-8-16/h4-8,11-14,17H,9-10H2,1-3H3. The maximum absolute atomic E-state index is 4.40. The van der Waals surface area contributed by atoms with Crippen molar-refractivity contribution in [1.82, 2.24) is 15.1 Å². The molecule has 0 fully saturated rings. The summed E-state index contributed by atoms with van der Waals surface area (Å²) < 4.78 is 1.92. The molecular weight excluding hydrogens is 234 g/mol. The van der Waals surface area contributed by atoms with Crippen molar-refractivity contribution in [3.05, 3.63) is 48.3 Å². The number of rotatable bonds is 6. The van der Waals surface area contributed by atoms with Gasteiger partial charge in [-0.15, -0.1) is 0 Å². The minimum Gasteiger partial charge on any atom is -0.310 e. The summed E-state index contributed by atoms with van der Waals surface area (Å²) in [6.07, 6.45) is 5.22. The van der Waals surface area contributed by atoms with Gasteiger partial charge in [-0.2, -0.15) is 5.10 Å². The molecule has 2 rings (SSSR count). The summed E-state index contributed by atoms with van der Waals surface area (Å²) >= 11 is 0. The summed E-state index contributed by atoms with van der Waals surface area (Å²) in [6.45, 7) is 7.62. The molecule has 1 aromatic carbocycles. The van der Waals surface area contributed by atoms with Crippen molar-refractivity contribution < 1.29 is 0 Å². The van der Waals surface area contributed by atoms with Crippen LogP contribution in [0.25, 0.3) is 5.69 Å². The van der Waals surface area contributed by atoms with Gasteiger partial charge in [0.1, 0.15) is 0 Å². The van der Waals surface area contributed by atoms with Crippen LogP contribution in [0.1, 0.15) is 32.8 Å². The summed E-state index contributed by atoms with van der Waals surface area (Å²) in [7, 11) is 0. The highest BCUT2D eigenvalue weighted by molar-refractivity contribution is 5.30. The summed E-state index contributed by atoms with van der Waals surface area (Å²) in [5, 5.41) is 7.94. The zero-order chi connectivity index (χ0) is 13.7. The number of benzene rings is 1. The number of para-hydroxylation sites is 1. The van der Waals surface area contributed by atoms with Crippen LogP contribution in [-0.4, -0.2) is 15.8 Å². The first-order valence-corrected chi connectivity index (χ1v) is 6.97. The molecule has 0 bridgehead atoms. The maximum atomic E-state index is 4.40. The molecule has 0 saturated heterocycles. The van der Waals surface area contributed by atoms with Gasteiger partial charge in [-0.3, -0.25) is 0 Å². The molecule has 2 aromatic rings. The molecule has 1 aromatic heterocycles. The lowest BCUT2D eigenvalue weighted by molar-refractivity contribution is 0.441. The fourth-order valence-electron chi connectivity index (χ4n) is 2.26. The van der Waals surface area contributed by atoms with Crippen LogP contribution in [-0.2, 0) is 6.54 Å². The lowest BCUT2D eigenvalue weighted by atomic mass is 10.1. The van der Waals surface area contributed by atoms with Crippen molar-refractivity contribution in [2.75, 3.05) is 0 Å². The molecular formula is C16H23N3. The number of hydrogen-bond acceptors (Lipinski definition) is 2. The molecule has 102 valence electrons. The zero-order valence-corrected chi connectivity index (χ0v) is 12.0. The van der Waals surface area contributed by atoms with Crippen molar-refractivity contribution in [3.8, 4) is 5.69 Å². The molecule has 19 heavy (non-hydrogen) atoms. The van der Waals surface area contributed by atoms with Gasteiger partial charge in [0.2, 0.25) is 0 Å². The highest BCUT2D eigenvalue weighted by Crippen LogP contribution is 2.09. The smallest absolute Gasteiger partial charge is 0.0645 e. The van der Waals surface area contributed by atoms with E-state index in [1.165, 1.54) is 12.0 Å². The average Bonchev–Trinajstić information content (AvgIpc) is 2.85. The Morgan fingerprint density at radius 1 is 1.16 bits per heavy atom. The van der Waals surface area contributed by atoms with E-state index in [0.29, 0.717) is 6.04 Å². The quantitative estimate of drug-likeness (QED) is 0.859. The van der Waals surface area contributed by atoms with E-state index in [4.69, 9.17) is 0 Å². The van der Waals surface area contributed by atoms with E-state index < -0.39 is 0 Å². The predicted octanol–water partition coefficient (Wildman–Crippen LogP) is 3.40. The molecule has 0 amide bonds. The number of aromatic nitrogens is 2. The maximum Gasteiger partial charge on any atom is 0.0645 e. The fourth-order valence-corrected chi connectivity index (χ4v) is 2.26. The Morgan fingerprint density at radius 3 is 2.58 bits per heavy atom. The third-order valence-electron chi connectivity index (χ3n) is 3.14. The first kappa shape index (κ1) is 13.8. The molecule has 1 atom stereocenters. The molecule has 0 aliphatic carbocycles. The third kappa shape index (κ3) is 4.21. The number of nitrogens with one attached hydrogen (secondary N) is 1. The van der Waals surface area contributed by atoms with Crippen LogP contribution >= 0.6 is 0 Å². The largest absolute Gasteiger partial charge is 0.310 e. The molecule has 3 heteroatoms. The van der Waals surface area contributed by atoms with Crippen LogP contribution < -0.4 is 5.32 Å². The summed E-state index contributed by atoms with van der Waals surface area (Å²) in [6, 6.07) is 10.7. The Kier molecular flexibility index (Phi) is 4.74. The molecule has 3 nitrogen and oxygen atoms in total. The van der Waals surface area contributed by atoms with Crippen LogP contribution in [0.15, 0.2) is 42.7 Å². The first-order valence-electron chi connectivity index (χ1n) is 6.97. The fraction of sp³-hybridized carbons (Fsp3) is 0.438. The Bertz CT molecular complexity index is 488. The van der Waals surface area contributed by atoms with Crippen LogP contribution in [0.3, 0.4) is 0 Å². The minimum absolute atomic E-state index is 0.542. The van der Waals surface area contributed by atoms with Gasteiger partial charge in [0.15, 0.2) is 0 Å². The Morgan fingerprint density at radius 2 is 1.89 bits per heavy atom. The molecule has 1 N–H and O–H groups in total. The van der Waals surface area contributed by atoms with E-state index >= 15 is 0 Å². The van der Waals surface area contributed by atoms with Gasteiger partial charge in [0.05, 0.1) is 11.9 Å². The van der Waals surface area contributed by atoms with Crippen molar-refractivity contribution >= 4 is 0 Å². The summed E-state index contributed by atoms with van der Waals surface area (Å²) in [5.74, 6) is 0.731. The topological polar surface area (TPSA) is 29.9 Å². The van der Waals surface area contributed by atoms with Crippen molar-refractivity contribution in [2.45, 2.75) is 39.8 Å². The molecule has 0 spiro atoms. The first-order chi connectivity index (χ1) is 9.15. The van der Waals surface area contributed by atoms with Crippen LogP contribution in [0.2, 0.25) is 0 Å². The Labute approximate surface area is 115 Å². The molecule has 0 saturated carbocycles. The van der Waals surface area contributed by atoms with Crippen LogP contribution in [0.5, 0.6) is 0 Å². The van der Waals surface area contributed by atoms with E-state index in [9.17, 15) is 0 Å². The van der Waals surface area contributed by atoms with Gasteiger partial charge >= 0.3 is 0 Å². The summed E-state index contributed by atoms with van der Waals surface area (Å²) in [5.41, 5.74) is 2.32. The second kappa shape index (κ2) is 6.53. The SMILES string of the molecule is CC(C)CC(C)NCc1cnn(-c2ccccc2)c1. The highest BCUT2D eigenvalue weighted by Gasteiger charge is 2.05. The van der Waals surface area contributed by atoms with E-state index in [2.05, 4.69) is 49.5 Å². The molecule has 0 aliphatic rings. The van der Waals surface area contributed by atoms with Crippen molar-refractivity contribution in [3.63, 3.8) is 0 Å². The van der Waals surface area contributed by atoms with Crippen LogP contribution in [0.4, 0.5) is 0 Å². The minimum atomic E-state index is 0.542. The van der Waals surface area contributed by atoms with Crippen molar-refractivity contribution in [2.24, 2.45) is 5.92 Å². The second-order valence-electron chi connectivity index (χ2n) is 5.54. The van der Waals surface area contributed by atoms with E-state index in [1.54, 1.807) is 0 Å². The van der Waals surface area contributed by atoms with E-state index in [1.807, 2.05) is 29.1 Å². The predicted molar refractivity (Wildman–Crippen MR) is 79.3 cm³/mol. The van der Waals surface area contributed by atoms with Gasteiger partial charge in [-0.1, -0.05) is 32.0 Å². The van der Waals surface area contributed by atoms with E-state index in [0.717, 1.165) is 18.2 Å². The van der Waals surface area contributed by atoms with Gasteiger partial charge in [0, 0.05) is 24.3 Å². The molecule has 1 heterocycles. The molecule has 0 aliphatic heterocycles. The van der Waals surface area contributed by atoms with Gasteiger partial charge < -0.3 is 5.32 Å². The zero-order valence-electron chi connectivity index (χ0n) is 12.0. The molecule has 0 radical (unpaired) electrons. The lowest BCUT2D eigenvalue weighted by Crippen LogP contribution is -2.26. The second-order valence-corrected chi connectivity index (χ2v) is 5.54. The Balaban J connectivity index is 1.91. The normalized spacial score (nSPS) is 12.8. The number of hydrogen-bond donors (Lipinski definition) is 1. The third-order valence-corrected chi connectivity index (χ3v) is 3.14. The highest BCUT2D eigenvalue weighted by atomic mass is 15.3. The molecule has 1 unspecified atom stereocenters. The number of nitrogens with zero attached hydrogens (tertiary/aromatic N) is 2. The van der Waals surface area contributed by atoms with Gasteiger partial charge in [-0.25, -0.2) is 4.68 Å². The lowest BCUT2D eigenvalue weighted by Gasteiger charge is -2.15. The summed E-state index contributed by atoms with van der Waals surface area (Å²) in [4.78, 5) is 0.